The number of hydrogen-bond donors (Lipinski definition) is 1. The first-order valence-corrected chi connectivity index (χ1v) is 8.60. The van der Waals surface area contributed by atoms with E-state index < -0.39 is 0 Å². The van der Waals surface area contributed by atoms with Gasteiger partial charge >= 0.3 is 5.97 Å². The van der Waals surface area contributed by atoms with Crippen LogP contribution in [0.25, 0.3) is 6.08 Å². The molecule has 0 bridgehead atoms. The summed E-state index contributed by atoms with van der Waals surface area (Å²) in [5.41, 5.74) is 2.53. The lowest BCUT2D eigenvalue weighted by atomic mass is 10.1. The van der Waals surface area contributed by atoms with E-state index in [4.69, 9.17) is 9.47 Å². The Morgan fingerprint density at radius 3 is 2.35 bits per heavy atom. The second-order valence-electron chi connectivity index (χ2n) is 5.68. The van der Waals surface area contributed by atoms with Crippen molar-refractivity contribution in [1.29, 1.82) is 0 Å². The van der Waals surface area contributed by atoms with Crippen LogP contribution in [-0.4, -0.2) is 26.3 Å². The van der Waals surface area contributed by atoms with E-state index in [0.717, 1.165) is 11.1 Å². The minimum atomic E-state index is -0.387. The van der Waals surface area contributed by atoms with Crippen LogP contribution in [0.1, 0.15) is 24.1 Å². The molecule has 0 aliphatic heterocycles. The van der Waals surface area contributed by atoms with Crippen LogP contribution < -0.4 is 5.32 Å². The molecule has 4 nitrogen and oxygen atoms in total. The lowest BCUT2D eigenvalue weighted by Gasteiger charge is -2.20. The number of rotatable bonds is 9. The number of esters is 1. The zero-order valence-corrected chi connectivity index (χ0v) is 15.2. The van der Waals surface area contributed by atoms with Gasteiger partial charge < -0.3 is 14.8 Å². The molecule has 0 aliphatic carbocycles. The highest BCUT2D eigenvalue weighted by atomic mass is 16.5. The van der Waals surface area contributed by atoms with E-state index >= 15 is 0 Å². The van der Waals surface area contributed by atoms with Gasteiger partial charge in [0.2, 0.25) is 0 Å². The van der Waals surface area contributed by atoms with Crippen LogP contribution in [-0.2, 0) is 14.3 Å². The lowest BCUT2D eigenvalue weighted by Crippen LogP contribution is -2.29. The number of methoxy groups -OCH3 is 1. The highest BCUT2D eigenvalue weighted by Gasteiger charge is 2.17. The third kappa shape index (κ3) is 6.22. The molecular weight excluding hydrogens is 326 g/mol. The van der Waals surface area contributed by atoms with E-state index in [2.05, 4.69) is 5.32 Å². The molecule has 0 unspecified atom stereocenters. The summed E-state index contributed by atoms with van der Waals surface area (Å²) in [6.45, 7) is 2.47. The zero-order valence-electron chi connectivity index (χ0n) is 15.2. The van der Waals surface area contributed by atoms with Crippen molar-refractivity contribution in [2.75, 3.05) is 20.3 Å². The van der Waals surface area contributed by atoms with Gasteiger partial charge in [-0.25, -0.2) is 4.79 Å². The van der Waals surface area contributed by atoms with Crippen LogP contribution in [0.3, 0.4) is 0 Å². The van der Waals surface area contributed by atoms with Gasteiger partial charge in [-0.3, -0.25) is 0 Å². The normalized spacial score (nSPS) is 12.8. The number of allylic oxidation sites excluding steroid dienone is 1. The number of carbonyl (C=O) groups is 1. The topological polar surface area (TPSA) is 47.6 Å². The molecule has 0 fully saturated rings. The molecule has 0 aliphatic rings. The van der Waals surface area contributed by atoms with Gasteiger partial charge in [0.1, 0.15) is 12.3 Å². The molecule has 2 rings (SSSR count). The molecule has 4 heteroatoms. The summed E-state index contributed by atoms with van der Waals surface area (Å²) >= 11 is 0. The molecule has 0 amide bonds. The second-order valence-corrected chi connectivity index (χ2v) is 5.68. The summed E-state index contributed by atoms with van der Waals surface area (Å²) < 4.78 is 10.6. The standard InChI is InChI=1S/C22H25NO3/c1-3-20(23-21(17-25-2)19-14-8-5-9-15-19)22(24)26-16-10-13-18-11-6-4-7-12-18/h3-15,21,23H,16-17H2,1-2H3/b13-10?,20-3-/t21-/m1/s1. The lowest BCUT2D eigenvalue weighted by molar-refractivity contribution is -0.138. The minimum absolute atomic E-state index is 0.125. The number of benzene rings is 2. The Kier molecular flexibility index (Phi) is 8.16. The van der Waals surface area contributed by atoms with Crippen molar-refractivity contribution in [3.63, 3.8) is 0 Å². The van der Waals surface area contributed by atoms with Crippen molar-refractivity contribution in [2.45, 2.75) is 13.0 Å². The van der Waals surface area contributed by atoms with E-state index in [1.165, 1.54) is 0 Å². The maximum Gasteiger partial charge on any atom is 0.354 e. The van der Waals surface area contributed by atoms with E-state index in [-0.39, 0.29) is 18.6 Å². The van der Waals surface area contributed by atoms with Crippen molar-refractivity contribution < 1.29 is 14.3 Å². The van der Waals surface area contributed by atoms with Gasteiger partial charge in [-0.15, -0.1) is 0 Å². The van der Waals surface area contributed by atoms with Gasteiger partial charge in [0.25, 0.3) is 0 Å². The van der Waals surface area contributed by atoms with Gasteiger partial charge in [0.15, 0.2) is 0 Å². The summed E-state index contributed by atoms with van der Waals surface area (Å²) in [6, 6.07) is 19.6. The van der Waals surface area contributed by atoms with Crippen LogP contribution in [0, 0.1) is 0 Å². The molecular formula is C22H25NO3. The monoisotopic (exact) mass is 351 g/mol. The van der Waals surface area contributed by atoms with Crippen LogP contribution in [0.2, 0.25) is 0 Å². The number of carbonyl (C=O) groups excluding carboxylic acids is 1. The molecule has 0 radical (unpaired) electrons. The van der Waals surface area contributed by atoms with Crippen LogP contribution in [0.4, 0.5) is 0 Å². The van der Waals surface area contributed by atoms with Crippen molar-refractivity contribution in [1.82, 2.24) is 5.32 Å². The van der Waals surface area contributed by atoms with Gasteiger partial charge in [-0.1, -0.05) is 72.8 Å². The molecule has 0 saturated carbocycles. The Hall–Kier alpha value is -2.85. The Bertz CT molecular complexity index is 724. The summed E-state index contributed by atoms with van der Waals surface area (Å²) in [5.74, 6) is -0.387. The Morgan fingerprint density at radius 1 is 1.08 bits per heavy atom. The zero-order chi connectivity index (χ0) is 18.6. The number of hydrogen-bond acceptors (Lipinski definition) is 4. The predicted octanol–water partition coefficient (Wildman–Crippen LogP) is 4.12. The van der Waals surface area contributed by atoms with E-state index in [1.807, 2.05) is 72.8 Å². The van der Waals surface area contributed by atoms with Gasteiger partial charge in [-0.05, 0) is 24.1 Å². The molecule has 1 atom stereocenters. The molecule has 1 N–H and O–H groups in total. The smallest absolute Gasteiger partial charge is 0.354 e. The summed E-state index contributed by atoms with van der Waals surface area (Å²) in [6.07, 6.45) is 5.47. The van der Waals surface area contributed by atoms with Crippen molar-refractivity contribution in [3.8, 4) is 0 Å². The average Bonchev–Trinajstić information content (AvgIpc) is 2.69. The number of ether oxygens (including phenoxy) is 2. The van der Waals surface area contributed by atoms with Crippen LogP contribution in [0.5, 0.6) is 0 Å². The first-order chi connectivity index (χ1) is 12.7. The summed E-state index contributed by atoms with van der Waals surface area (Å²) in [5, 5.41) is 3.22. The first kappa shape index (κ1) is 19.5. The fourth-order valence-electron chi connectivity index (χ4n) is 2.47. The summed E-state index contributed by atoms with van der Waals surface area (Å²) in [4.78, 5) is 12.3. The third-order valence-electron chi connectivity index (χ3n) is 3.79. The molecule has 2 aromatic rings. The van der Waals surface area contributed by atoms with Gasteiger partial charge in [0.05, 0.1) is 12.6 Å². The van der Waals surface area contributed by atoms with Crippen molar-refractivity contribution >= 4 is 12.0 Å². The Morgan fingerprint density at radius 2 is 1.73 bits per heavy atom. The predicted molar refractivity (Wildman–Crippen MR) is 104 cm³/mol. The average molecular weight is 351 g/mol. The van der Waals surface area contributed by atoms with Gasteiger partial charge in [0, 0.05) is 7.11 Å². The second kappa shape index (κ2) is 10.9. The summed E-state index contributed by atoms with van der Waals surface area (Å²) in [7, 11) is 1.64. The fraction of sp³-hybridized carbons (Fsp3) is 0.227. The largest absolute Gasteiger partial charge is 0.457 e. The molecule has 0 aromatic heterocycles. The van der Waals surface area contributed by atoms with Gasteiger partial charge in [-0.2, -0.15) is 0 Å². The van der Waals surface area contributed by atoms with Crippen LogP contribution >= 0.6 is 0 Å². The van der Waals surface area contributed by atoms with Crippen LogP contribution in [0.15, 0.2) is 78.5 Å². The fourth-order valence-corrected chi connectivity index (χ4v) is 2.47. The Balaban J connectivity index is 1.92. The first-order valence-electron chi connectivity index (χ1n) is 8.60. The molecule has 26 heavy (non-hydrogen) atoms. The third-order valence-corrected chi connectivity index (χ3v) is 3.79. The minimum Gasteiger partial charge on any atom is -0.457 e. The van der Waals surface area contributed by atoms with Crippen molar-refractivity contribution in [3.05, 3.63) is 89.6 Å². The van der Waals surface area contributed by atoms with E-state index in [0.29, 0.717) is 12.3 Å². The van der Waals surface area contributed by atoms with E-state index in [1.54, 1.807) is 20.1 Å². The quantitative estimate of drug-likeness (QED) is 0.545. The highest BCUT2D eigenvalue weighted by Crippen LogP contribution is 2.15. The maximum absolute atomic E-state index is 12.3. The number of nitrogens with one attached hydrogen (secondary N) is 1. The Labute approximate surface area is 155 Å². The highest BCUT2D eigenvalue weighted by molar-refractivity contribution is 5.87. The molecule has 136 valence electrons. The molecule has 0 heterocycles. The molecule has 0 spiro atoms. The maximum atomic E-state index is 12.3. The molecule has 2 aromatic carbocycles. The molecule has 0 saturated heterocycles. The SMILES string of the molecule is C/C=C(\N[C@H](COC)c1ccccc1)C(=O)OCC=Cc1ccccc1. The van der Waals surface area contributed by atoms with E-state index in [9.17, 15) is 4.79 Å². The van der Waals surface area contributed by atoms with Crippen molar-refractivity contribution in [2.24, 2.45) is 0 Å².